The molecular weight excluding hydrogens is 326 g/mol. The molecule has 0 fully saturated rings. The smallest absolute Gasteiger partial charge is 0.101 e. The van der Waals surface area contributed by atoms with Gasteiger partial charge in [-0.15, -0.1) is 0 Å². The second-order valence-corrected chi connectivity index (χ2v) is 5.85. The lowest BCUT2D eigenvalue weighted by molar-refractivity contribution is 0.766. The third-order valence-corrected chi connectivity index (χ3v) is 3.76. The lowest BCUT2D eigenvalue weighted by atomic mass is 10.1. The van der Waals surface area contributed by atoms with Crippen molar-refractivity contribution in [1.29, 1.82) is 5.26 Å². The van der Waals surface area contributed by atoms with Gasteiger partial charge in [0, 0.05) is 23.2 Å². The molecule has 0 heterocycles. The fourth-order valence-electron chi connectivity index (χ4n) is 2.26. The molecular formula is C17H18BrN3. The average Bonchev–Trinajstić information content (AvgIpc) is 2.49. The topological polar surface area (TPSA) is 53.0 Å². The third-order valence-electron chi connectivity index (χ3n) is 3.27. The molecule has 0 aliphatic carbocycles. The molecule has 0 spiro atoms. The van der Waals surface area contributed by atoms with Gasteiger partial charge >= 0.3 is 0 Å². The number of halogens is 1. The van der Waals surface area contributed by atoms with Crippen molar-refractivity contribution in [2.45, 2.75) is 19.9 Å². The molecule has 2 rings (SSSR count). The highest BCUT2D eigenvalue weighted by Gasteiger charge is 2.12. The Morgan fingerprint density at radius 3 is 2.52 bits per heavy atom. The Morgan fingerprint density at radius 1 is 1.19 bits per heavy atom. The van der Waals surface area contributed by atoms with Gasteiger partial charge < -0.3 is 10.6 Å². The van der Waals surface area contributed by atoms with Crippen molar-refractivity contribution in [3.05, 3.63) is 58.1 Å². The summed E-state index contributed by atoms with van der Waals surface area (Å²) in [5, 5.41) is 9.32. The van der Waals surface area contributed by atoms with E-state index >= 15 is 0 Å². The number of anilines is 2. The Bertz CT molecular complexity index is 644. The van der Waals surface area contributed by atoms with Gasteiger partial charge in [-0.3, -0.25) is 0 Å². The van der Waals surface area contributed by atoms with Crippen molar-refractivity contribution < 1.29 is 0 Å². The Kier molecular flexibility index (Phi) is 5.24. The summed E-state index contributed by atoms with van der Waals surface area (Å²) in [7, 11) is 0. The quantitative estimate of drug-likeness (QED) is 0.822. The van der Waals surface area contributed by atoms with Gasteiger partial charge in [0.15, 0.2) is 0 Å². The van der Waals surface area contributed by atoms with Crippen molar-refractivity contribution >= 4 is 27.3 Å². The summed E-state index contributed by atoms with van der Waals surface area (Å²) in [6, 6.07) is 15.9. The molecule has 2 N–H and O–H groups in total. The van der Waals surface area contributed by atoms with Crippen LogP contribution in [0.2, 0.25) is 0 Å². The van der Waals surface area contributed by atoms with Crippen LogP contribution >= 0.6 is 15.9 Å². The average molecular weight is 344 g/mol. The van der Waals surface area contributed by atoms with E-state index in [9.17, 15) is 5.26 Å². The summed E-state index contributed by atoms with van der Waals surface area (Å²) < 4.78 is 0.981. The highest BCUT2D eigenvalue weighted by atomic mass is 79.9. The van der Waals surface area contributed by atoms with E-state index in [2.05, 4.69) is 33.8 Å². The molecule has 0 aliphatic heterocycles. The van der Waals surface area contributed by atoms with Crippen LogP contribution in [-0.4, -0.2) is 6.54 Å². The van der Waals surface area contributed by atoms with E-state index in [4.69, 9.17) is 5.73 Å². The molecule has 0 aliphatic rings. The summed E-state index contributed by atoms with van der Waals surface area (Å²) in [6.45, 7) is 3.80. The molecule has 0 aromatic heterocycles. The maximum absolute atomic E-state index is 9.32. The van der Waals surface area contributed by atoms with Crippen LogP contribution in [0.3, 0.4) is 0 Å². The number of nitriles is 1. The predicted octanol–water partition coefficient (Wildman–Crippen LogP) is 4.32. The summed E-state index contributed by atoms with van der Waals surface area (Å²) in [4.78, 5) is 2.23. The van der Waals surface area contributed by atoms with E-state index in [1.54, 1.807) is 0 Å². The molecule has 0 amide bonds. The summed E-state index contributed by atoms with van der Waals surface area (Å²) in [5.74, 6) is 0. The Labute approximate surface area is 134 Å². The van der Waals surface area contributed by atoms with Crippen molar-refractivity contribution in [2.75, 3.05) is 17.2 Å². The van der Waals surface area contributed by atoms with Crippen molar-refractivity contribution in [1.82, 2.24) is 0 Å². The van der Waals surface area contributed by atoms with Gasteiger partial charge in [0.2, 0.25) is 0 Å². The van der Waals surface area contributed by atoms with Crippen LogP contribution in [0, 0.1) is 11.3 Å². The molecule has 4 heteroatoms. The Hall–Kier alpha value is -1.99. The largest absolute Gasteiger partial charge is 0.399 e. The first-order valence-corrected chi connectivity index (χ1v) is 7.72. The minimum atomic E-state index is 0.696. The molecule has 2 aromatic carbocycles. The van der Waals surface area contributed by atoms with Gasteiger partial charge in [0.1, 0.15) is 6.07 Å². The summed E-state index contributed by atoms with van der Waals surface area (Å²) in [6.07, 6.45) is 1.02. The minimum Gasteiger partial charge on any atom is -0.399 e. The van der Waals surface area contributed by atoms with Crippen LogP contribution in [0.25, 0.3) is 0 Å². The second-order valence-electron chi connectivity index (χ2n) is 4.94. The van der Waals surface area contributed by atoms with E-state index in [-0.39, 0.29) is 0 Å². The number of hydrogen-bond donors (Lipinski definition) is 1. The molecule has 0 saturated carbocycles. The lowest BCUT2D eigenvalue weighted by Gasteiger charge is -2.25. The Morgan fingerprint density at radius 2 is 1.90 bits per heavy atom. The van der Waals surface area contributed by atoms with Gasteiger partial charge in [-0.2, -0.15) is 5.26 Å². The fraction of sp³-hybridized carbons (Fsp3) is 0.235. The molecule has 3 nitrogen and oxygen atoms in total. The molecule has 2 aromatic rings. The molecule has 108 valence electrons. The first kappa shape index (κ1) is 15.4. The minimum absolute atomic E-state index is 0.696. The molecule has 0 radical (unpaired) electrons. The number of nitrogens with zero attached hydrogens (tertiary/aromatic N) is 2. The fourth-order valence-corrected chi connectivity index (χ4v) is 2.61. The van der Waals surface area contributed by atoms with E-state index in [0.717, 1.165) is 35.4 Å². The van der Waals surface area contributed by atoms with E-state index in [0.29, 0.717) is 5.56 Å². The summed E-state index contributed by atoms with van der Waals surface area (Å²) in [5.41, 5.74) is 9.34. The zero-order chi connectivity index (χ0) is 15.2. The zero-order valence-corrected chi connectivity index (χ0v) is 13.6. The number of rotatable bonds is 5. The van der Waals surface area contributed by atoms with Crippen LogP contribution in [0.4, 0.5) is 11.4 Å². The van der Waals surface area contributed by atoms with Gasteiger partial charge in [-0.1, -0.05) is 35.0 Å². The van der Waals surface area contributed by atoms with Crippen LogP contribution in [0.15, 0.2) is 46.9 Å². The monoisotopic (exact) mass is 343 g/mol. The first-order valence-electron chi connectivity index (χ1n) is 6.93. The highest BCUT2D eigenvalue weighted by molar-refractivity contribution is 9.10. The van der Waals surface area contributed by atoms with Gasteiger partial charge in [-0.05, 0) is 42.3 Å². The highest BCUT2D eigenvalue weighted by Crippen LogP contribution is 2.26. The number of nitrogen functional groups attached to an aromatic ring is 1. The van der Waals surface area contributed by atoms with Crippen LogP contribution in [0.5, 0.6) is 0 Å². The predicted molar refractivity (Wildman–Crippen MR) is 91.1 cm³/mol. The number of hydrogen-bond acceptors (Lipinski definition) is 3. The van der Waals surface area contributed by atoms with Gasteiger partial charge in [0.25, 0.3) is 0 Å². The van der Waals surface area contributed by atoms with E-state index in [1.165, 1.54) is 5.56 Å². The molecule has 0 saturated heterocycles. The van der Waals surface area contributed by atoms with Gasteiger partial charge in [-0.25, -0.2) is 0 Å². The van der Waals surface area contributed by atoms with E-state index in [1.807, 2.05) is 42.5 Å². The number of benzene rings is 2. The molecule has 21 heavy (non-hydrogen) atoms. The molecule has 0 unspecified atom stereocenters. The summed E-state index contributed by atoms with van der Waals surface area (Å²) >= 11 is 3.49. The second kappa shape index (κ2) is 7.14. The molecule has 0 atom stereocenters. The maximum Gasteiger partial charge on any atom is 0.101 e. The van der Waals surface area contributed by atoms with Crippen molar-refractivity contribution in [3.8, 4) is 6.07 Å². The van der Waals surface area contributed by atoms with Crippen molar-refractivity contribution in [3.63, 3.8) is 0 Å². The zero-order valence-electron chi connectivity index (χ0n) is 12.0. The van der Waals surface area contributed by atoms with E-state index < -0.39 is 0 Å². The standard InChI is InChI=1S/C17H18BrN3/c1-2-9-21(12-13-3-7-16(20)8-4-13)17-10-15(18)6-5-14(17)11-19/h3-8,10H,2,9,12,20H2,1H3. The van der Waals surface area contributed by atoms with Crippen LogP contribution in [-0.2, 0) is 6.54 Å². The Balaban J connectivity index is 2.32. The lowest BCUT2D eigenvalue weighted by Crippen LogP contribution is -2.24. The SMILES string of the molecule is CCCN(Cc1ccc(N)cc1)c1cc(Br)ccc1C#N. The van der Waals surface area contributed by atoms with Crippen LogP contribution in [0.1, 0.15) is 24.5 Å². The normalized spacial score (nSPS) is 10.1. The van der Waals surface area contributed by atoms with Crippen LogP contribution < -0.4 is 10.6 Å². The van der Waals surface area contributed by atoms with Crippen molar-refractivity contribution in [2.24, 2.45) is 0 Å². The van der Waals surface area contributed by atoms with Gasteiger partial charge in [0.05, 0.1) is 11.3 Å². The maximum atomic E-state index is 9.32. The third kappa shape index (κ3) is 3.99. The first-order chi connectivity index (χ1) is 10.1. The molecule has 0 bridgehead atoms. The number of nitrogens with two attached hydrogens (primary N) is 1.